The molecule has 0 saturated carbocycles. The summed E-state index contributed by atoms with van der Waals surface area (Å²) >= 11 is 7.59. The van der Waals surface area contributed by atoms with Crippen molar-refractivity contribution in [1.29, 1.82) is 0 Å². The maximum atomic E-state index is 12.7. The van der Waals surface area contributed by atoms with Gasteiger partial charge >= 0.3 is 0 Å². The highest BCUT2D eigenvalue weighted by Gasteiger charge is 2.14. The number of thiazole rings is 1. The van der Waals surface area contributed by atoms with Crippen molar-refractivity contribution in [2.45, 2.75) is 6.92 Å². The third-order valence-electron chi connectivity index (χ3n) is 4.00. The first-order valence-electron chi connectivity index (χ1n) is 7.48. The number of nitrogens with one attached hydrogen (secondary N) is 1. The van der Waals surface area contributed by atoms with E-state index in [1.54, 1.807) is 0 Å². The van der Waals surface area contributed by atoms with Gasteiger partial charge in [0.2, 0.25) is 0 Å². The molecule has 4 rings (SSSR count). The van der Waals surface area contributed by atoms with Crippen LogP contribution in [0.25, 0.3) is 21.0 Å². The number of hydrogen-bond acceptors (Lipinski definition) is 3. The summed E-state index contributed by atoms with van der Waals surface area (Å²) in [7, 11) is 0. The molecule has 4 aromatic rings. The lowest BCUT2D eigenvalue weighted by atomic mass is 10.0. The summed E-state index contributed by atoms with van der Waals surface area (Å²) in [6.07, 6.45) is 0. The Bertz CT molecular complexity index is 1080. The Labute approximate surface area is 147 Å². The van der Waals surface area contributed by atoms with Gasteiger partial charge in [0.15, 0.2) is 5.13 Å². The summed E-state index contributed by atoms with van der Waals surface area (Å²) in [6.45, 7) is 1.93. The van der Waals surface area contributed by atoms with Crippen LogP contribution in [0.2, 0.25) is 5.02 Å². The third kappa shape index (κ3) is 2.54. The number of rotatable bonds is 2. The van der Waals surface area contributed by atoms with E-state index in [1.165, 1.54) is 11.3 Å². The number of hydrogen-bond donors (Lipinski definition) is 1. The molecule has 0 aliphatic rings. The summed E-state index contributed by atoms with van der Waals surface area (Å²) < 4.78 is 1.00. The van der Waals surface area contributed by atoms with E-state index < -0.39 is 0 Å². The monoisotopic (exact) mass is 352 g/mol. The van der Waals surface area contributed by atoms with Gasteiger partial charge in [-0.05, 0) is 41.5 Å². The molecule has 5 heteroatoms. The maximum Gasteiger partial charge on any atom is 0.258 e. The number of halogens is 1. The summed E-state index contributed by atoms with van der Waals surface area (Å²) in [4.78, 5) is 17.2. The van der Waals surface area contributed by atoms with Gasteiger partial charge in [-0.2, -0.15) is 0 Å². The molecule has 0 aliphatic heterocycles. The third-order valence-corrected chi connectivity index (χ3v) is 5.35. The number of anilines is 1. The number of aryl methyl sites for hydroxylation is 1. The number of nitrogens with zero attached hydrogens (tertiary/aromatic N) is 1. The van der Waals surface area contributed by atoms with Crippen LogP contribution >= 0.6 is 22.9 Å². The molecule has 118 valence electrons. The van der Waals surface area contributed by atoms with Gasteiger partial charge in [0.05, 0.1) is 10.2 Å². The highest BCUT2D eigenvalue weighted by Crippen LogP contribution is 2.32. The normalized spacial score (nSPS) is 11.1. The molecular weight excluding hydrogens is 340 g/mol. The van der Waals surface area contributed by atoms with E-state index in [9.17, 15) is 4.79 Å². The van der Waals surface area contributed by atoms with Crippen molar-refractivity contribution in [2.75, 3.05) is 5.32 Å². The minimum atomic E-state index is -0.158. The van der Waals surface area contributed by atoms with Gasteiger partial charge in [-0.15, -0.1) is 0 Å². The fourth-order valence-corrected chi connectivity index (χ4v) is 3.81. The van der Waals surface area contributed by atoms with Crippen LogP contribution < -0.4 is 5.32 Å². The lowest BCUT2D eigenvalue weighted by Gasteiger charge is -2.05. The Kier molecular flexibility index (Phi) is 3.71. The molecule has 0 bridgehead atoms. The zero-order chi connectivity index (χ0) is 16.7. The quantitative estimate of drug-likeness (QED) is 0.505. The average Bonchev–Trinajstić information content (AvgIpc) is 3.01. The smallest absolute Gasteiger partial charge is 0.258 e. The van der Waals surface area contributed by atoms with Crippen molar-refractivity contribution in [3.8, 4) is 0 Å². The van der Waals surface area contributed by atoms with Gasteiger partial charge in [-0.25, -0.2) is 4.98 Å². The standard InChI is InChI=1S/C19H13ClN2OS/c1-11-15(20)9-10-16-17(11)21-19(24-16)22-18(23)14-8-4-6-12-5-2-3-7-13(12)14/h2-10H,1H3,(H,21,22,23). The topological polar surface area (TPSA) is 42.0 Å². The second-order valence-corrected chi connectivity index (χ2v) is 6.96. The fraction of sp³-hybridized carbons (Fsp3) is 0.0526. The maximum absolute atomic E-state index is 12.7. The van der Waals surface area contributed by atoms with E-state index in [2.05, 4.69) is 10.3 Å². The zero-order valence-electron chi connectivity index (χ0n) is 12.8. The van der Waals surface area contributed by atoms with Crippen molar-refractivity contribution in [2.24, 2.45) is 0 Å². The van der Waals surface area contributed by atoms with E-state index in [1.807, 2.05) is 61.5 Å². The van der Waals surface area contributed by atoms with E-state index in [0.29, 0.717) is 15.7 Å². The van der Waals surface area contributed by atoms with E-state index in [0.717, 1.165) is 26.6 Å². The molecule has 1 N–H and O–H groups in total. The lowest BCUT2D eigenvalue weighted by molar-refractivity contribution is 0.102. The fourth-order valence-electron chi connectivity index (χ4n) is 2.74. The Hall–Kier alpha value is -2.43. The molecule has 1 aromatic heterocycles. The number of benzene rings is 3. The van der Waals surface area contributed by atoms with Crippen LogP contribution in [-0.4, -0.2) is 10.9 Å². The second-order valence-electron chi connectivity index (χ2n) is 5.52. The van der Waals surface area contributed by atoms with Crippen LogP contribution in [0.4, 0.5) is 5.13 Å². The number of aromatic nitrogens is 1. The largest absolute Gasteiger partial charge is 0.298 e. The molecule has 0 saturated heterocycles. The highest BCUT2D eigenvalue weighted by atomic mass is 35.5. The molecule has 0 atom stereocenters. The summed E-state index contributed by atoms with van der Waals surface area (Å²) in [5, 5.41) is 6.14. The second kappa shape index (κ2) is 5.89. The first-order chi connectivity index (χ1) is 11.6. The van der Waals surface area contributed by atoms with Crippen LogP contribution in [0.15, 0.2) is 54.6 Å². The van der Waals surface area contributed by atoms with Crippen molar-refractivity contribution in [3.05, 3.63) is 70.7 Å². The molecule has 0 fully saturated rings. The number of carbonyl (C=O) groups is 1. The predicted molar refractivity (Wildman–Crippen MR) is 101 cm³/mol. The zero-order valence-corrected chi connectivity index (χ0v) is 14.4. The van der Waals surface area contributed by atoms with Crippen LogP contribution in [0.5, 0.6) is 0 Å². The van der Waals surface area contributed by atoms with Crippen LogP contribution in [0.3, 0.4) is 0 Å². The first-order valence-corrected chi connectivity index (χ1v) is 8.68. The van der Waals surface area contributed by atoms with E-state index in [-0.39, 0.29) is 5.91 Å². The molecule has 24 heavy (non-hydrogen) atoms. The lowest BCUT2D eigenvalue weighted by Crippen LogP contribution is -2.12. The number of fused-ring (bicyclic) bond motifs is 2. The van der Waals surface area contributed by atoms with Crippen LogP contribution in [-0.2, 0) is 0 Å². The molecular formula is C19H13ClN2OS. The summed E-state index contributed by atoms with van der Waals surface area (Å²) in [6, 6.07) is 17.3. The molecule has 0 unspecified atom stereocenters. The predicted octanol–water partition coefficient (Wildman–Crippen LogP) is 5.66. The molecule has 0 radical (unpaired) electrons. The minimum Gasteiger partial charge on any atom is -0.298 e. The average molecular weight is 353 g/mol. The van der Waals surface area contributed by atoms with Crippen molar-refractivity contribution in [3.63, 3.8) is 0 Å². The Morgan fingerprint density at radius 3 is 2.75 bits per heavy atom. The van der Waals surface area contributed by atoms with Gasteiger partial charge in [0.1, 0.15) is 0 Å². The SMILES string of the molecule is Cc1c(Cl)ccc2sc(NC(=O)c3cccc4ccccc34)nc12. The van der Waals surface area contributed by atoms with Gasteiger partial charge in [0, 0.05) is 10.6 Å². The summed E-state index contributed by atoms with van der Waals surface area (Å²) in [5.41, 5.74) is 2.40. The van der Waals surface area contributed by atoms with Gasteiger partial charge in [-0.1, -0.05) is 59.3 Å². The van der Waals surface area contributed by atoms with E-state index in [4.69, 9.17) is 11.6 Å². The van der Waals surface area contributed by atoms with Crippen LogP contribution in [0.1, 0.15) is 15.9 Å². The van der Waals surface area contributed by atoms with Gasteiger partial charge < -0.3 is 0 Å². The Morgan fingerprint density at radius 2 is 1.88 bits per heavy atom. The summed E-state index contributed by atoms with van der Waals surface area (Å²) in [5.74, 6) is -0.158. The Balaban J connectivity index is 1.72. The minimum absolute atomic E-state index is 0.158. The van der Waals surface area contributed by atoms with Gasteiger partial charge in [-0.3, -0.25) is 10.1 Å². The number of amides is 1. The molecule has 3 aromatic carbocycles. The Morgan fingerprint density at radius 1 is 1.08 bits per heavy atom. The van der Waals surface area contributed by atoms with Crippen molar-refractivity contribution in [1.82, 2.24) is 4.98 Å². The molecule has 3 nitrogen and oxygen atoms in total. The molecule has 0 spiro atoms. The first kappa shape index (κ1) is 15.1. The van der Waals surface area contributed by atoms with Crippen molar-refractivity contribution >= 4 is 55.0 Å². The number of carbonyl (C=O) groups excluding carboxylic acids is 1. The molecule has 1 heterocycles. The van der Waals surface area contributed by atoms with Crippen molar-refractivity contribution < 1.29 is 4.79 Å². The molecule has 0 aliphatic carbocycles. The van der Waals surface area contributed by atoms with E-state index >= 15 is 0 Å². The van der Waals surface area contributed by atoms with Gasteiger partial charge in [0.25, 0.3) is 5.91 Å². The highest BCUT2D eigenvalue weighted by molar-refractivity contribution is 7.22. The van der Waals surface area contributed by atoms with Crippen LogP contribution in [0, 0.1) is 6.92 Å². The molecule has 1 amide bonds.